The number of methoxy groups -OCH3 is 2. The van der Waals surface area contributed by atoms with E-state index in [0.717, 1.165) is 31.0 Å². The minimum absolute atomic E-state index is 0.406. The number of thiophene rings is 1. The molecule has 1 aromatic heterocycles. The van der Waals surface area contributed by atoms with E-state index in [1.165, 1.54) is 19.1 Å². The molecule has 0 aliphatic rings. The van der Waals surface area contributed by atoms with Crippen LogP contribution in [0, 0.1) is 0 Å². The van der Waals surface area contributed by atoms with E-state index in [-0.39, 0.29) is 0 Å². The molecule has 0 amide bonds. The summed E-state index contributed by atoms with van der Waals surface area (Å²) in [5.41, 5.74) is 1.32. The number of hydrogen-bond acceptors (Lipinski definition) is 5. The van der Waals surface area contributed by atoms with Gasteiger partial charge in [-0.25, -0.2) is 9.79 Å². The average molecular weight is 390 g/mol. The van der Waals surface area contributed by atoms with Crippen LogP contribution >= 0.6 is 11.3 Å². The Hall–Kier alpha value is -2.54. The van der Waals surface area contributed by atoms with E-state index in [0.29, 0.717) is 17.9 Å². The predicted octanol–water partition coefficient (Wildman–Crippen LogP) is 3.18. The number of esters is 1. The Bertz CT molecular complexity index is 760. The molecule has 1 aromatic carbocycles. The molecule has 0 bridgehead atoms. The third-order valence-corrected chi connectivity index (χ3v) is 4.99. The van der Waals surface area contributed by atoms with E-state index in [2.05, 4.69) is 27.7 Å². The number of hydrogen-bond donors (Lipinski definition) is 1. The molecule has 0 spiro atoms. The van der Waals surface area contributed by atoms with E-state index >= 15 is 0 Å². The summed E-state index contributed by atoms with van der Waals surface area (Å²) in [5.74, 6) is 0.914. The summed E-state index contributed by atoms with van der Waals surface area (Å²) < 4.78 is 10.1. The molecule has 6 nitrogen and oxygen atoms in total. The zero-order valence-corrected chi connectivity index (χ0v) is 17.1. The fourth-order valence-electron chi connectivity index (χ4n) is 2.60. The lowest BCUT2D eigenvalue weighted by molar-refractivity contribution is 0.0597. The summed E-state index contributed by atoms with van der Waals surface area (Å²) in [6.45, 7) is 4.17. The first kappa shape index (κ1) is 20.8. The maximum Gasteiger partial charge on any atom is 0.341 e. The zero-order valence-electron chi connectivity index (χ0n) is 16.3. The first-order valence-electron chi connectivity index (χ1n) is 8.86. The van der Waals surface area contributed by atoms with Crippen LogP contribution in [-0.2, 0) is 17.7 Å². The van der Waals surface area contributed by atoms with Crippen LogP contribution in [0.3, 0.4) is 0 Å². The predicted molar refractivity (Wildman–Crippen MR) is 110 cm³/mol. The monoisotopic (exact) mass is 389 g/mol. The van der Waals surface area contributed by atoms with Crippen molar-refractivity contribution >= 4 is 23.3 Å². The molecule has 27 heavy (non-hydrogen) atoms. The van der Waals surface area contributed by atoms with Crippen LogP contribution in [0.15, 0.2) is 40.7 Å². The number of carbonyl (C=O) groups is 1. The Morgan fingerprint density at radius 1 is 1.30 bits per heavy atom. The fourth-order valence-corrected chi connectivity index (χ4v) is 3.30. The topological polar surface area (TPSA) is 63.2 Å². The van der Waals surface area contributed by atoms with Crippen LogP contribution < -0.4 is 10.1 Å². The highest BCUT2D eigenvalue weighted by Gasteiger charge is 2.13. The quantitative estimate of drug-likeness (QED) is 0.427. The number of nitrogens with zero attached hydrogens (tertiary/aromatic N) is 2. The van der Waals surface area contributed by atoms with Gasteiger partial charge in [-0.05, 0) is 42.5 Å². The van der Waals surface area contributed by atoms with Crippen molar-refractivity contribution in [3.63, 3.8) is 0 Å². The SMILES string of the molecule is CCNC(=NCc1ccc(OC)c(C(=O)OC)c1)N(C)CCc1cccs1. The van der Waals surface area contributed by atoms with Gasteiger partial charge >= 0.3 is 5.97 Å². The lowest BCUT2D eigenvalue weighted by Crippen LogP contribution is -2.39. The van der Waals surface area contributed by atoms with Crippen molar-refractivity contribution in [2.45, 2.75) is 19.9 Å². The Kier molecular flexibility index (Phi) is 8.13. The van der Waals surface area contributed by atoms with Gasteiger partial charge in [0.15, 0.2) is 5.96 Å². The zero-order chi connectivity index (χ0) is 19.6. The second-order valence-electron chi connectivity index (χ2n) is 5.95. The average Bonchev–Trinajstić information content (AvgIpc) is 3.22. The largest absolute Gasteiger partial charge is 0.496 e. The van der Waals surface area contributed by atoms with Gasteiger partial charge in [-0.2, -0.15) is 0 Å². The van der Waals surface area contributed by atoms with Crippen LogP contribution in [-0.4, -0.2) is 51.2 Å². The highest BCUT2D eigenvalue weighted by Crippen LogP contribution is 2.21. The van der Waals surface area contributed by atoms with E-state index in [9.17, 15) is 4.79 Å². The van der Waals surface area contributed by atoms with Crippen molar-refractivity contribution in [1.29, 1.82) is 0 Å². The molecule has 0 aliphatic carbocycles. The molecule has 0 atom stereocenters. The van der Waals surface area contributed by atoms with Gasteiger partial charge in [0.2, 0.25) is 0 Å². The molecule has 0 radical (unpaired) electrons. The minimum Gasteiger partial charge on any atom is -0.496 e. The fraction of sp³-hybridized carbons (Fsp3) is 0.400. The van der Waals surface area contributed by atoms with Gasteiger partial charge in [-0.15, -0.1) is 11.3 Å². The van der Waals surface area contributed by atoms with Crippen molar-refractivity contribution in [2.75, 3.05) is 34.4 Å². The third-order valence-electron chi connectivity index (χ3n) is 4.05. The van der Waals surface area contributed by atoms with Crippen molar-refractivity contribution in [1.82, 2.24) is 10.2 Å². The summed E-state index contributed by atoms with van der Waals surface area (Å²) in [7, 11) is 4.92. The number of nitrogens with one attached hydrogen (secondary N) is 1. The molecule has 146 valence electrons. The first-order chi connectivity index (χ1) is 13.1. The summed E-state index contributed by atoms with van der Waals surface area (Å²) >= 11 is 1.77. The summed E-state index contributed by atoms with van der Waals surface area (Å²) in [4.78, 5) is 20.1. The maximum atomic E-state index is 11.9. The van der Waals surface area contributed by atoms with E-state index < -0.39 is 5.97 Å². The van der Waals surface area contributed by atoms with E-state index in [1.54, 1.807) is 23.5 Å². The molecule has 2 rings (SSSR count). The molecule has 1 heterocycles. The molecule has 0 fully saturated rings. The van der Waals surface area contributed by atoms with Crippen molar-refractivity contribution < 1.29 is 14.3 Å². The highest BCUT2D eigenvalue weighted by atomic mass is 32.1. The number of likely N-dealkylation sites (N-methyl/N-ethyl adjacent to an activating group) is 1. The van der Waals surface area contributed by atoms with Gasteiger partial charge in [0, 0.05) is 25.0 Å². The lowest BCUT2D eigenvalue weighted by atomic mass is 10.1. The first-order valence-corrected chi connectivity index (χ1v) is 9.74. The molecule has 7 heteroatoms. The van der Waals surface area contributed by atoms with Crippen LogP contribution in [0.2, 0.25) is 0 Å². The van der Waals surface area contributed by atoms with Gasteiger partial charge in [-0.1, -0.05) is 12.1 Å². The second-order valence-corrected chi connectivity index (χ2v) is 6.98. The van der Waals surface area contributed by atoms with Crippen LogP contribution in [0.4, 0.5) is 0 Å². The third kappa shape index (κ3) is 5.99. The minimum atomic E-state index is -0.419. The van der Waals surface area contributed by atoms with Gasteiger partial charge in [0.1, 0.15) is 11.3 Å². The number of guanidine groups is 1. The molecular formula is C20H27N3O3S. The molecule has 0 saturated carbocycles. The van der Waals surface area contributed by atoms with Gasteiger partial charge < -0.3 is 19.7 Å². The Labute approximate surface area is 164 Å². The smallest absolute Gasteiger partial charge is 0.341 e. The van der Waals surface area contributed by atoms with E-state index in [4.69, 9.17) is 14.5 Å². The number of rotatable bonds is 8. The van der Waals surface area contributed by atoms with Gasteiger partial charge in [0.25, 0.3) is 0 Å². The number of aliphatic imine (C=N–C) groups is 1. The van der Waals surface area contributed by atoms with Crippen molar-refractivity contribution in [2.24, 2.45) is 4.99 Å². The summed E-state index contributed by atoms with van der Waals surface area (Å²) in [5, 5.41) is 5.41. The Morgan fingerprint density at radius 2 is 2.11 bits per heavy atom. The molecule has 1 N–H and O–H groups in total. The summed E-state index contributed by atoms with van der Waals surface area (Å²) in [6, 6.07) is 9.66. The summed E-state index contributed by atoms with van der Waals surface area (Å²) in [6.07, 6.45) is 0.980. The number of carbonyl (C=O) groups excluding carboxylic acids is 1. The highest BCUT2D eigenvalue weighted by molar-refractivity contribution is 7.09. The van der Waals surface area contributed by atoms with Gasteiger partial charge in [-0.3, -0.25) is 0 Å². The molecule has 0 unspecified atom stereocenters. The Morgan fingerprint density at radius 3 is 2.74 bits per heavy atom. The van der Waals surface area contributed by atoms with Gasteiger partial charge in [0.05, 0.1) is 20.8 Å². The van der Waals surface area contributed by atoms with E-state index in [1.807, 2.05) is 20.0 Å². The second kappa shape index (κ2) is 10.6. The maximum absolute atomic E-state index is 11.9. The van der Waals surface area contributed by atoms with Crippen LogP contribution in [0.5, 0.6) is 5.75 Å². The molecular weight excluding hydrogens is 362 g/mol. The molecule has 2 aromatic rings. The molecule has 0 saturated heterocycles. The van der Waals surface area contributed by atoms with Crippen molar-refractivity contribution in [3.8, 4) is 5.75 Å². The number of ether oxygens (including phenoxy) is 2. The Balaban J connectivity index is 2.09. The van der Waals surface area contributed by atoms with Crippen molar-refractivity contribution in [3.05, 3.63) is 51.7 Å². The molecule has 0 aliphatic heterocycles. The van der Waals surface area contributed by atoms with Crippen LogP contribution in [0.1, 0.15) is 27.7 Å². The standard InChI is InChI=1S/C20H27N3O3S/c1-5-21-20(23(2)11-10-16-7-6-12-27-16)22-14-15-8-9-18(25-3)17(13-15)19(24)26-4/h6-9,12-13H,5,10-11,14H2,1-4H3,(H,21,22). The normalized spacial score (nSPS) is 11.2. The van der Waals surface area contributed by atoms with Crippen LogP contribution in [0.25, 0.3) is 0 Å². The number of benzene rings is 1. The lowest BCUT2D eigenvalue weighted by Gasteiger charge is -2.22.